The molecule has 3 rings (SSSR count). The lowest BCUT2D eigenvalue weighted by molar-refractivity contribution is -0.123. The Bertz CT molecular complexity index is 1170. The minimum atomic E-state index is -4.48. The van der Waals surface area contributed by atoms with Crippen LogP contribution in [0.1, 0.15) is 27.3 Å². The molecule has 0 aliphatic heterocycles. The molecule has 0 spiro atoms. The van der Waals surface area contributed by atoms with Crippen LogP contribution in [0.25, 0.3) is 5.69 Å². The third-order valence-electron chi connectivity index (χ3n) is 4.33. The molecule has 160 valence electrons. The molecule has 1 heterocycles. The predicted molar refractivity (Wildman–Crippen MR) is 108 cm³/mol. The van der Waals surface area contributed by atoms with Gasteiger partial charge in [-0.2, -0.15) is 23.5 Å². The average Bonchev–Trinajstić information content (AvgIpc) is 3.00. The Morgan fingerprint density at radius 3 is 2.48 bits per heavy atom. The average molecular weight is 449 g/mol. The van der Waals surface area contributed by atoms with Gasteiger partial charge in [-0.25, -0.2) is 4.68 Å². The Morgan fingerprint density at radius 2 is 1.90 bits per heavy atom. The lowest BCUT2D eigenvalue weighted by Crippen LogP contribution is -2.33. The van der Waals surface area contributed by atoms with Gasteiger partial charge in [-0.15, -0.1) is 0 Å². The Balaban J connectivity index is 1.79. The van der Waals surface area contributed by atoms with Crippen molar-refractivity contribution in [2.24, 2.45) is 0 Å². The maximum absolute atomic E-state index is 12.2. The van der Waals surface area contributed by atoms with E-state index in [2.05, 4.69) is 5.10 Å². The van der Waals surface area contributed by atoms with Crippen molar-refractivity contribution >= 4 is 17.5 Å². The molecule has 0 unspecified atom stereocenters. The number of nitrogens with one attached hydrogen (secondary N) is 1. The molecule has 1 N–H and O–H groups in total. The van der Waals surface area contributed by atoms with Crippen molar-refractivity contribution in [1.29, 1.82) is 5.26 Å². The number of benzene rings is 2. The van der Waals surface area contributed by atoms with E-state index in [0.717, 1.165) is 0 Å². The van der Waals surface area contributed by atoms with Crippen molar-refractivity contribution < 1.29 is 22.7 Å². The van der Waals surface area contributed by atoms with Crippen molar-refractivity contribution in [3.8, 4) is 23.3 Å². The first-order chi connectivity index (χ1) is 14.6. The molecule has 0 aliphatic carbocycles. The van der Waals surface area contributed by atoms with E-state index in [0.29, 0.717) is 39.2 Å². The van der Waals surface area contributed by atoms with Gasteiger partial charge in [0.05, 0.1) is 22.0 Å². The highest BCUT2D eigenvalue weighted by Crippen LogP contribution is 2.31. The van der Waals surface area contributed by atoms with Gasteiger partial charge >= 0.3 is 6.18 Å². The number of aryl methyl sites for hydroxylation is 1. The first-order valence-electron chi connectivity index (χ1n) is 8.98. The molecule has 0 aliphatic rings. The van der Waals surface area contributed by atoms with Crippen LogP contribution in [0.2, 0.25) is 5.02 Å². The number of ether oxygens (including phenoxy) is 1. The van der Waals surface area contributed by atoms with Gasteiger partial charge in [0.2, 0.25) is 0 Å². The van der Waals surface area contributed by atoms with Gasteiger partial charge < -0.3 is 10.1 Å². The highest BCUT2D eigenvalue weighted by atomic mass is 35.5. The van der Waals surface area contributed by atoms with Crippen LogP contribution in [-0.4, -0.2) is 28.4 Å². The van der Waals surface area contributed by atoms with Crippen LogP contribution in [0.3, 0.4) is 0 Å². The summed E-state index contributed by atoms with van der Waals surface area (Å²) in [6, 6.07) is 12.6. The molecule has 1 amide bonds. The number of rotatable bonds is 5. The van der Waals surface area contributed by atoms with Crippen LogP contribution in [0.5, 0.6) is 11.5 Å². The van der Waals surface area contributed by atoms with Crippen molar-refractivity contribution in [2.45, 2.75) is 20.0 Å². The fourth-order valence-electron chi connectivity index (χ4n) is 2.83. The summed E-state index contributed by atoms with van der Waals surface area (Å²) in [5.74, 6) is 0.0347. The Labute approximate surface area is 180 Å². The number of aromatic nitrogens is 2. The number of hydrogen-bond acceptors (Lipinski definition) is 4. The maximum atomic E-state index is 12.2. The molecule has 0 bridgehead atoms. The summed E-state index contributed by atoms with van der Waals surface area (Å²) in [5.41, 5.74) is 2.34. The van der Waals surface area contributed by atoms with Gasteiger partial charge in [0.25, 0.3) is 5.91 Å². The van der Waals surface area contributed by atoms with E-state index in [9.17, 15) is 18.0 Å². The van der Waals surface area contributed by atoms with Crippen molar-refractivity contribution in [1.82, 2.24) is 15.1 Å². The van der Waals surface area contributed by atoms with Crippen LogP contribution in [-0.2, 0) is 0 Å². The molecule has 0 saturated heterocycles. The molecule has 10 heteroatoms. The Hall–Kier alpha value is -3.51. The van der Waals surface area contributed by atoms with Gasteiger partial charge in [0.1, 0.15) is 24.1 Å². The third kappa shape index (κ3) is 5.16. The highest BCUT2D eigenvalue weighted by molar-refractivity contribution is 6.31. The van der Waals surface area contributed by atoms with Crippen LogP contribution in [0, 0.1) is 25.2 Å². The summed E-state index contributed by atoms with van der Waals surface area (Å²) < 4.78 is 44.2. The van der Waals surface area contributed by atoms with Gasteiger partial charge in [-0.1, -0.05) is 11.6 Å². The number of hydrogen-bond donors (Lipinski definition) is 1. The molecule has 0 saturated carbocycles. The van der Waals surface area contributed by atoms with Crippen molar-refractivity contribution in [3.63, 3.8) is 0 Å². The molecule has 1 aromatic heterocycles. The third-order valence-corrected chi connectivity index (χ3v) is 4.64. The second-order valence-corrected chi connectivity index (χ2v) is 7.02. The second kappa shape index (κ2) is 8.70. The zero-order valence-corrected chi connectivity index (χ0v) is 17.2. The second-order valence-electron chi connectivity index (χ2n) is 6.61. The molecular formula is C21H16ClF3N4O2. The van der Waals surface area contributed by atoms with Crippen LogP contribution < -0.4 is 10.1 Å². The molecule has 0 atom stereocenters. The maximum Gasteiger partial charge on any atom is 0.405 e. The first kappa shape index (κ1) is 22.2. The number of halogens is 4. The van der Waals surface area contributed by atoms with E-state index in [1.165, 1.54) is 24.3 Å². The van der Waals surface area contributed by atoms with E-state index in [4.69, 9.17) is 21.6 Å². The van der Waals surface area contributed by atoms with Gasteiger partial charge in [0, 0.05) is 5.56 Å². The van der Waals surface area contributed by atoms with E-state index >= 15 is 0 Å². The van der Waals surface area contributed by atoms with Crippen LogP contribution >= 0.6 is 11.6 Å². The number of amides is 1. The molecule has 6 nitrogen and oxygen atoms in total. The smallest absolute Gasteiger partial charge is 0.405 e. The number of carbonyl (C=O) groups is 1. The normalized spacial score (nSPS) is 11.1. The summed E-state index contributed by atoms with van der Waals surface area (Å²) in [6.07, 6.45) is -4.48. The summed E-state index contributed by atoms with van der Waals surface area (Å²) in [5, 5.41) is 15.6. The van der Waals surface area contributed by atoms with Crippen LogP contribution in [0.15, 0.2) is 42.5 Å². The lowest BCUT2D eigenvalue weighted by atomic mass is 10.2. The standard InChI is InChI=1S/C21H16ClF3N4O2/c1-12-19(13(2)29(28-12)16-6-3-15(10-26)18(22)9-16)31-17-7-4-14(5-8-17)20(30)27-11-21(23,24)25/h3-9H,11H2,1-2H3,(H,27,30). The minimum absolute atomic E-state index is 0.0768. The fraction of sp³-hybridized carbons (Fsp3) is 0.190. The van der Waals surface area contributed by atoms with Gasteiger partial charge in [-0.05, 0) is 56.3 Å². The SMILES string of the molecule is Cc1nn(-c2ccc(C#N)c(Cl)c2)c(C)c1Oc1ccc(C(=O)NCC(F)(F)F)cc1. The molecule has 0 radical (unpaired) electrons. The highest BCUT2D eigenvalue weighted by Gasteiger charge is 2.27. The predicted octanol–water partition coefficient (Wildman–Crippen LogP) is 5.10. The molecule has 2 aromatic carbocycles. The zero-order valence-electron chi connectivity index (χ0n) is 16.4. The molecular weight excluding hydrogens is 433 g/mol. The number of nitriles is 1. The summed E-state index contributed by atoms with van der Waals surface area (Å²) in [6.45, 7) is 2.14. The molecule has 3 aromatic rings. The summed E-state index contributed by atoms with van der Waals surface area (Å²) in [4.78, 5) is 11.8. The number of alkyl halides is 3. The van der Waals surface area contributed by atoms with Crippen molar-refractivity contribution in [2.75, 3.05) is 6.54 Å². The fourth-order valence-corrected chi connectivity index (χ4v) is 3.05. The minimum Gasteiger partial charge on any atom is -0.453 e. The van der Waals surface area contributed by atoms with Gasteiger partial charge in [0.15, 0.2) is 5.75 Å². The van der Waals surface area contributed by atoms with E-state index in [1.54, 1.807) is 36.7 Å². The van der Waals surface area contributed by atoms with E-state index in [1.807, 2.05) is 11.4 Å². The van der Waals surface area contributed by atoms with Crippen molar-refractivity contribution in [3.05, 3.63) is 70.0 Å². The summed E-state index contributed by atoms with van der Waals surface area (Å²) in [7, 11) is 0. The molecule has 0 fully saturated rings. The number of carbonyl (C=O) groups excluding carboxylic acids is 1. The zero-order chi connectivity index (χ0) is 22.8. The van der Waals surface area contributed by atoms with E-state index in [-0.39, 0.29) is 5.56 Å². The Kier molecular flexibility index (Phi) is 6.22. The van der Waals surface area contributed by atoms with Crippen LogP contribution in [0.4, 0.5) is 13.2 Å². The largest absolute Gasteiger partial charge is 0.453 e. The Morgan fingerprint density at radius 1 is 1.23 bits per heavy atom. The topological polar surface area (TPSA) is 79.9 Å². The first-order valence-corrected chi connectivity index (χ1v) is 9.36. The monoisotopic (exact) mass is 448 g/mol. The quantitative estimate of drug-likeness (QED) is 0.589. The van der Waals surface area contributed by atoms with E-state index < -0.39 is 18.6 Å². The molecule has 31 heavy (non-hydrogen) atoms. The lowest BCUT2D eigenvalue weighted by Gasteiger charge is -2.10. The number of nitrogens with zero attached hydrogens (tertiary/aromatic N) is 3. The summed E-state index contributed by atoms with van der Waals surface area (Å²) >= 11 is 6.11. The van der Waals surface area contributed by atoms with Gasteiger partial charge in [-0.3, -0.25) is 4.79 Å².